The van der Waals surface area contributed by atoms with Gasteiger partial charge in [-0.2, -0.15) is 13.2 Å². The Hall–Kier alpha value is -1.58. The lowest BCUT2D eigenvalue weighted by molar-refractivity contribution is -0.136. The standard InChI is InChI=1S/C17H18F3O2P/c1-11-7-8-14(13(9-11)17(18,19)20)23-15-6-4-5-12(2)16(15)22-10-21-3/h4-9,23H,10H2,1-3H3. The van der Waals surface area contributed by atoms with Gasteiger partial charge in [0.15, 0.2) is 6.79 Å². The number of benzene rings is 2. The van der Waals surface area contributed by atoms with Crippen LogP contribution in [0.3, 0.4) is 0 Å². The summed E-state index contributed by atoms with van der Waals surface area (Å²) in [6.07, 6.45) is -4.37. The zero-order chi connectivity index (χ0) is 17.0. The summed E-state index contributed by atoms with van der Waals surface area (Å²) in [5.41, 5.74) is 0.869. The first kappa shape index (κ1) is 17.8. The Bertz CT molecular complexity index is 684. The van der Waals surface area contributed by atoms with Gasteiger partial charge >= 0.3 is 6.18 Å². The molecule has 0 aliphatic heterocycles. The molecule has 0 saturated heterocycles. The molecule has 2 rings (SSSR count). The Kier molecular flexibility index (Phi) is 5.66. The fraction of sp³-hybridized carbons (Fsp3) is 0.294. The maximum atomic E-state index is 13.3. The van der Waals surface area contributed by atoms with Crippen LogP contribution in [0.25, 0.3) is 0 Å². The van der Waals surface area contributed by atoms with E-state index in [-0.39, 0.29) is 20.7 Å². The third-order valence-corrected chi connectivity index (χ3v) is 4.65. The number of para-hydroxylation sites is 1. The average Bonchev–Trinajstić information content (AvgIpc) is 2.47. The maximum absolute atomic E-state index is 13.3. The molecule has 23 heavy (non-hydrogen) atoms. The van der Waals surface area contributed by atoms with Crippen molar-refractivity contribution < 1.29 is 22.6 Å². The van der Waals surface area contributed by atoms with Crippen LogP contribution >= 0.6 is 8.58 Å². The van der Waals surface area contributed by atoms with Crippen LogP contribution in [0.4, 0.5) is 13.2 Å². The zero-order valence-corrected chi connectivity index (χ0v) is 14.1. The highest BCUT2D eigenvalue weighted by molar-refractivity contribution is 7.55. The van der Waals surface area contributed by atoms with E-state index in [0.717, 1.165) is 10.9 Å². The van der Waals surface area contributed by atoms with Gasteiger partial charge in [0.05, 0.1) is 5.56 Å². The molecule has 0 bridgehead atoms. The largest absolute Gasteiger partial charge is 0.467 e. The highest BCUT2D eigenvalue weighted by Crippen LogP contribution is 2.33. The summed E-state index contributed by atoms with van der Waals surface area (Å²) in [4.78, 5) is 0. The highest BCUT2D eigenvalue weighted by Gasteiger charge is 2.33. The molecule has 0 fully saturated rings. The molecule has 0 N–H and O–H groups in total. The van der Waals surface area contributed by atoms with E-state index < -0.39 is 11.7 Å². The van der Waals surface area contributed by atoms with Gasteiger partial charge in [-0.15, -0.1) is 0 Å². The van der Waals surface area contributed by atoms with Crippen molar-refractivity contribution in [3.05, 3.63) is 53.1 Å². The minimum atomic E-state index is -4.37. The molecule has 2 aromatic rings. The van der Waals surface area contributed by atoms with Crippen molar-refractivity contribution in [3.63, 3.8) is 0 Å². The molecule has 0 aliphatic carbocycles. The monoisotopic (exact) mass is 342 g/mol. The van der Waals surface area contributed by atoms with Crippen LogP contribution in [-0.2, 0) is 10.9 Å². The van der Waals surface area contributed by atoms with Crippen molar-refractivity contribution in [2.75, 3.05) is 13.9 Å². The molecule has 1 atom stereocenters. The van der Waals surface area contributed by atoms with E-state index in [0.29, 0.717) is 11.3 Å². The first-order chi connectivity index (χ1) is 10.8. The van der Waals surface area contributed by atoms with Crippen LogP contribution in [0, 0.1) is 13.8 Å². The normalized spacial score (nSPS) is 12.1. The molecule has 124 valence electrons. The molecule has 0 saturated carbocycles. The van der Waals surface area contributed by atoms with Crippen LogP contribution in [0.2, 0.25) is 0 Å². The van der Waals surface area contributed by atoms with Gasteiger partial charge in [0.2, 0.25) is 0 Å². The number of alkyl halides is 3. The van der Waals surface area contributed by atoms with E-state index >= 15 is 0 Å². The number of hydrogen-bond donors (Lipinski definition) is 0. The molecule has 0 amide bonds. The highest BCUT2D eigenvalue weighted by atomic mass is 31.1. The van der Waals surface area contributed by atoms with Crippen molar-refractivity contribution in [2.45, 2.75) is 20.0 Å². The molecule has 0 aliphatic rings. The lowest BCUT2D eigenvalue weighted by atomic mass is 10.1. The Morgan fingerprint density at radius 2 is 1.78 bits per heavy atom. The van der Waals surface area contributed by atoms with E-state index in [4.69, 9.17) is 9.47 Å². The molecule has 2 aromatic carbocycles. The topological polar surface area (TPSA) is 18.5 Å². The lowest BCUT2D eigenvalue weighted by Crippen LogP contribution is -2.19. The van der Waals surface area contributed by atoms with Gasteiger partial charge < -0.3 is 9.47 Å². The van der Waals surface area contributed by atoms with Gasteiger partial charge in [0.25, 0.3) is 0 Å². The summed E-state index contributed by atoms with van der Waals surface area (Å²) < 4.78 is 50.2. The summed E-state index contributed by atoms with van der Waals surface area (Å²) in [5, 5.41) is 0.993. The SMILES string of the molecule is COCOc1c(C)cccc1Pc1ccc(C)cc1C(F)(F)F. The van der Waals surface area contributed by atoms with Crippen LogP contribution in [0.5, 0.6) is 5.75 Å². The van der Waals surface area contributed by atoms with Gasteiger partial charge in [-0.25, -0.2) is 0 Å². The summed E-state index contributed by atoms with van der Waals surface area (Å²) >= 11 is 0. The number of methoxy groups -OCH3 is 1. The second-order valence-corrected chi connectivity index (χ2v) is 6.50. The molecular formula is C17H18F3O2P. The summed E-state index contributed by atoms with van der Waals surface area (Å²) in [6, 6.07) is 9.89. The van der Waals surface area contributed by atoms with Crippen molar-refractivity contribution in [2.24, 2.45) is 0 Å². The van der Waals surface area contributed by atoms with Crippen LogP contribution in [-0.4, -0.2) is 13.9 Å². The van der Waals surface area contributed by atoms with Gasteiger partial charge in [-0.1, -0.05) is 44.5 Å². The fourth-order valence-corrected chi connectivity index (χ4v) is 3.57. The molecule has 0 radical (unpaired) electrons. The van der Waals surface area contributed by atoms with Crippen molar-refractivity contribution in [1.29, 1.82) is 0 Å². The molecule has 1 unspecified atom stereocenters. The predicted molar refractivity (Wildman–Crippen MR) is 87.4 cm³/mol. The molecule has 0 heterocycles. The first-order valence-electron chi connectivity index (χ1n) is 6.99. The molecule has 6 heteroatoms. The molecule has 0 aromatic heterocycles. The van der Waals surface area contributed by atoms with Gasteiger partial charge in [-0.3, -0.25) is 0 Å². The Balaban J connectivity index is 2.42. The third-order valence-electron chi connectivity index (χ3n) is 3.28. The number of aryl methyl sites for hydroxylation is 2. The Morgan fingerprint density at radius 3 is 2.43 bits per heavy atom. The van der Waals surface area contributed by atoms with Crippen molar-refractivity contribution >= 4 is 19.2 Å². The van der Waals surface area contributed by atoms with E-state index in [2.05, 4.69) is 0 Å². The molecule has 0 spiro atoms. The number of ether oxygens (including phenoxy) is 2. The van der Waals surface area contributed by atoms with Crippen LogP contribution in [0.1, 0.15) is 16.7 Å². The number of hydrogen-bond acceptors (Lipinski definition) is 2. The fourth-order valence-electron chi connectivity index (χ4n) is 2.21. The number of halogens is 3. The van der Waals surface area contributed by atoms with Crippen molar-refractivity contribution in [3.8, 4) is 5.75 Å². The smallest absolute Gasteiger partial charge is 0.417 e. The third kappa shape index (κ3) is 4.46. The van der Waals surface area contributed by atoms with Crippen LogP contribution < -0.4 is 15.3 Å². The molecular weight excluding hydrogens is 324 g/mol. The Labute approximate surface area is 135 Å². The van der Waals surface area contributed by atoms with E-state index in [9.17, 15) is 13.2 Å². The minimum Gasteiger partial charge on any atom is -0.467 e. The second-order valence-electron chi connectivity index (χ2n) is 5.17. The quantitative estimate of drug-likeness (QED) is 0.605. The first-order valence-corrected chi connectivity index (χ1v) is 7.99. The van der Waals surface area contributed by atoms with E-state index in [1.165, 1.54) is 13.2 Å². The van der Waals surface area contributed by atoms with Crippen LogP contribution in [0.15, 0.2) is 36.4 Å². The Morgan fingerprint density at radius 1 is 1.04 bits per heavy atom. The van der Waals surface area contributed by atoms with E-state index in [1.807, 2.05) is 19.1 Å². The lowest BCUT2D eigenvalue weighted by Gasteiger charge is -2.17. The summed E-state index contributed by atoms with van der Waals surface area (Å²) in [6.45, 7) is 3.57. The maximum Gasteiger partial charge on any atom is 0.417 e. The van der Waals surface area contributed by atoms with Gasteiger partial charge in [0.1, 0.15) is 5.75 Å². The average molecular weight is 342 g/mol. The minimum absolute atomic E-state index is 0.0579. The number of rotatable bonds is 5. The second kappa shape index (κ2) is 7.33. The zero-order valence-electron chi connectivity index (χ0n) is 13.1. The van der Waals surface area contributed by atoms with Crippen molar-refractivity contribution in [1.82, 2.24) is 0 Å². The predicted octanol–water partition coefficient (Wildman–Crippen LogP) is 3.93. The molecule has 2 nitrogen and oxygen atoms in total. The van der Waals surface area contributed by atoms with E-state index in [1.54, 1.807) is 25.1 Å². The summed E-state index contributed by atoms with van der Waals surface area (Å²) in [7, 11) is 1.35. The summed E-state index contributed by atoms with van der Waals surface area (Å²) in [5.74, 6) is 0.585. The van der Waals surface area contributed by atoms with Gasteiger partial charge in [0, 0.05) is 12.4 Å². The van der Waals surface area contributed by atoms with Gasteiger partial charge in [-0.05, 0) is 30.8 Å².